The maximum Gasteiger partial charge on any atom is 0.225 e. The first-order chi connectivity index (χ1) is 15.2. The van der Waals surface area contributed by atoms with Crippen LogP contribution in [-0.2, 0) is 6.54 Å². The van der Waals surface area contributed by atoms with Gasteiger partial charge in [0.1, 0.15) is 11.3 Å². The van der Waals surface area contributed by atoms with Crippen molar-refractivity contribution in [2.45, 2.75) is 45.2 Å². The highest BCUT2D eigenvalue weighted by atomic mass is 35.5. The minimum absolute atomic E-state index is 0.105. The van der Waals surface area contributed by atoms with E-state index in [9.17, 15) is 0 Å². The number of hydrogen-bond acceptors (Lipinski definition) is 4. The fraction of sp³-hybridized carbons (Fsp3) is 0.320. The monoisotopic (exact) mass is 431 g/mol. The van der Waals surface area contributed by atoms with Crippen molar-refractivity contribution in [1.29, 1.82) is 0 Å². The van der Waals surface area contributed by atoms with Crippen LogP contribution in [0.1, 0.15) is 44.2 Å². The fourth-order valence-electron chi connectivity index (χ4n) is 4.48. The van der Waals surface area contributed by atoms with E-state index in [1.807, 2.05) is 48.7 Å². The summed E-state index contributed by atoms with van der Waals surface area (Å²) < 4.78 is 2.24. The predicted octanol–water partition coefficient (Wildman–Crippen LogP) is 6.51. The van der Waals surface area contributed by atoms with E-state index in [-0.39, 0.29) is 6.04 Å². The normalized spacial score (nSPS) is 15.4. The number of hydrogen-bond donors (Lipinski definition) is 1. The highest BCUT2D eigenvalue weighted by molar-refractivity contribution is 6.33. The van der Waals surface area contributed by atoms with Crippen LogP contribution in [0.15, 0.2) is 60.8 Å². The lowest BCUT2D eigenvalue weighted by Crippen LogP contribution is -2.12. The van der Waals surface area contributed by atoms with Crippen molar-refractivity contribution in [3.63, 3.8) is 0 Å². The van der Waals surface area contributed by atoms with Gasteiger partial charge in [-0.1, -0.05) is 66.9 Å². The first-order valence-electron chi connectivity index (χ1n) is 11.0. The largest absolute Gasteiger partial charge is 0.348 e. The van der Waals surface area contributed by atoms with Gasteiger partial charge in [-0.2, -0.15) is 4.98 Å². The number of rotatable bonds is 6. The number of imidazole rings is 1. The van der Waals surface area contributed by atoms with Gasteiger partial charge in [0.25, 0.3) is 0 Å². The molecule has 1 atom stereocenters. The van der Waals surface area contributed by atoms with Crippen molar-refractivity contribution in [2.24, 2.45) is 5.92 Å². The van der Waals surface area contributed by atoms with Crippen molar-refractivity contribution in [3.05, 3.63) is 71.4 Å². The Morgan fingerprint density at radius 2 is 1.77 bits per heavy atom. The number of nitrogens with one attached hydrogen (secondary N) is 1. The van der Waals surface area contributed by atoms with Gasteiger partial charge in [0.2, 0.25) is 5.95 Å². The minimum atomic E-state index is 0.105. The summed E-state index contributed by atoms with van der Waals surface area (Å²) in [6, 6.07) is 18.3. The molecule has 5 rings (SSSR count). The molecule has 0 spiro atoms. The van der Waals surface area contributed by atoms with E-state index in [4.69, 9.17) is 21.6 Å². The van der Waals surface area contributed by atoms with Crippen LogP contribution in [-0.4, -0.2) is 19.5 Å². The zero-order chi connectivity index (χ0) is 21.2. The number of fused-ring (bicyclic) bond motifs is 1. The van der Waals surface area contributed by atoms with E-state index >= 15 is 0 Å². The van der Waals surface area contributed by atoms with Crippen LogP contribution in [0.3, 0.4) is 0 Å². The fourth-order valence-corrected chi connectivity index (χ4v) is 4.70. The predicted molar refractivity (Wildman–Crippen MR) is 126 cm³/mol. The maximum atomic E-state index is 6.54. The number of benzene rings is 2. The first-order valence-corrected chi connectivity index (χ1v) is 11.4. The van der Waals surface area contributed by atoms with Gasteiger partial charge in [-0.05, 0) is 43.4 Å². The molecule has 6 heteroatoms. The summed E-state index contributed by atoms with van der Waals surface area (Å²) in [6.45, 7) is 3.02. The lowest BCUT2D eigenvalue weighted by atomic mass is 10.1. The number of aromatic nitrogens is 4. The molecule has 1 fully saturated rings. The molecular formula is C25H26ClN5. The van der Waals surface area contributed by atoms with Crippen molar-refractivity contribution < 1.29 is 0 Å². The van der Waals surface area contributed by atoms with Crippen LogP contribution in [0.5, 0.6) is 0 Å². The van der Waals surface area contributed by atoms with Crippen molar-refractivity contribution >= 4 is 28.7 Å². The Hall–Kier alpha value is -2.92. The average Bonchev–Trinajstić information content (AvgIpc) is 3.43. The molecule has 1 aliphatic carbocycles. The third kappa shape index (κ3) is 4.15. The van der Waals surface area contributed by atoms with Gasteiger partial charge >= 0.3 is 0 Å². The number of anilines is 1. The van der Waals surface area contributed by atoms with Crippen LogP contribution in [0.25, 0.3) is 22.6 Å². The van der Waals surface area contributed by atoms with Gasteiger partial charge < -0.3 is 9.88 Å². The molecule has 158 valence electrons. The Labute approximate surface area is 187 Å². The Morgan fingerprint density at radius 3 is 2.55 bits per heavy atom. The summed E-state index contributed by atoms with van der Waals surface area (Å²) in [5.74, 6) is 2.13. The summed E-state index contributed by atoms with van der Waals surface area (Å²) in [5.41, 5.74) is 3.79. The molecule has 2 heterocycles. The highest BCUT2D eigenvalue weighted by Crippen LogP contribution is 2.33. The van der Waals surface area contributed by atoms with Crippen LogP contribution in [0.4, 0.5) is 5.95 Å². The molecule has 0 saturated heterocycles. The highest BCUT2D eigenvalue weighted by Gasteiger charge is 2.22. The molecule has 5 nitrogen and oxygen atoms in total. The third-order valence-electron chi connectivity index (χ3n) is 6.16. The smallest absolute Gasteiger partial charge is 0.225 e. The van der Waals surface area contributed by atoms with Gasteiger partial charge in [-0.15, -0.1) is 0 Å². The van der Waals surface area contributed by atoms with Crippen LogP contribution < -0.4 is 5.32 Å². The molecular weight excluding hydrogens is 406 g/mol. The van der Waals surface area contributed by atoms with Gasteiger partial charge in [0.05, 0.1) is 17.3 Å². The molecule has 4 aromatic rings. The van der Waals surface area contributed by atoms with Crippen LogP contribution in [0.2, 0.25) is 5.02 Å². The maximum absolute atomic E-state index is 6.54. The number of halogens is 1. The molecule has 2 aromatic heterocycles. The van der Waals surface area contributed by atoms with Gasteiger partial charge in [0.15, 0.2) is 5.65 Å². The standard InChI is InChI=1S/C25H26ClN5/c1-17(19-11-3-2-4-12-19)28-25-27-15-22-24(30-25)31(16-18-9-5-6-10-18)23(29-22)20-13-7-8-14-21(20)26/h2-4,7-8,11-15,17-18H,5-6,9-10,16H2,1H3,(H,27,28,30)/t17-/m0/s1. The van der Waals surface area contributed by atoms with Crippen LogP contribution in [0, 0.1) is 5.92 Å². The first kappa shape index (κ1) is 20.0. The quantitative estimate of drug-likeness (QED) is 0.378. The van der Waals surface area contributed by atoms with Gasteiger partial charge in [-0.3, -0.25) is 0 Å². The van der Waals surface area contributed by atoms with Gasteiger partial charge in [-0.25, -0.2) is 9.97 Å². The average molecular weight is 432 g/mol. The Morgan fingerprint density at radius 1 is 1.03 bits per heavy atom. The zero-order valence-electron chi connectivity index (χ0n) is 17.6. The van der Waals surface area contributed by atoms with Crippen molar-refractivity contribution in [3.8, 4) is 11.4 Å². The molecule has 0 amide bonds. The Kier molecular flexibility index (Phi) is 5.60. The lowest BCUT2D eigenvalue weighted by Gasteiger charge is -2.16. The second-order valence-electron chi connectivity index (χ2n) is 8.36. The molecule has 0 unspecified atom stereocenters. The molecule has 1 saturated carbocycles. The van der Waals surface area contributed by atoms with E-state index in [1.54, 1.807) is 0 Å². The third-order valence-corrected chi connectivity index (χ3v) is 6.49. The van der Waals surface area contributed by atoms with E-state index in [0.29, 0.717) is 16.9 Å². The van der Waals surface area contributed by atoms with Crippen LogP contribution >= 0.6 is 11.6 Å². The molecule has 0 bridgehead atoms. The Bertz CT molecular complexity index is 1180. The van der Waals surface area contributed by atoms with Crippen molar-refractivity contribution in [1.82, 2.24) is 19.5 Å². The van der Waals surface area contributed by atoms with Gasteiger partial charge in [0, 0.05) is 12.1 Å². The summed E-state index contributed by atoms with van der Waals surface area (Å²) in [4.78, 5) is 14.3. The molecule has 1 N–H and O–H groups in total. The SMILES string of the molecule is C[C@H](Nc1ncc2nc(-c3ccccc3Cl)n(CC3CCCC3)c2n1)c1ccccc1. The zero-order valence-corrected chi connectivity index (χ0v) is 18.4. The second kappa shape index (κ2) is 8.67. The van der Waals surface area contributed by atoms with E-state index in [1.165, 1.54) is 31.2 Å². The molecule has 0 aliphatic heterocycles. The molecule has 0 radical (unpaired) electrons. The summed E-state index contributed by atoms with van der Waals surface area (Å²) in [6.07, 6.45) is 6.92. The topological polar surface area (TPSA) is 55.6 Å². The van der Waals surface area contributed by atoms with E-state index in [2.05, 4.69) is 33.9 Å². The molecule has 31 heavy (non-hydrogen) atoms. The minimum Gasteiger partial charge on any atom is -0.348 e. The van der Waals surface area contributed by atoms with E-state index in [0.717, 1.165) is 29.1 Å². The lowest BCUT2D eigenvalue weighted by molar-refractivity contribution is 0.465. The summed E-state index contributed by atoms with van der Waals surface area (Å²) in [5, 5.41) is 4.15. The Balaban J connectivity index is 1.55. The summed E-state index contributed by atoms with van der Waals surface area (Å²) in [7, 11) is 0. The number of nitrogens with zero attached hydrogens (tertiary/aromatic N) is 4. The van der Waals surface area contributed by atoms with Crippen molar-refractivity contribution in [2.75, 3.05) is 5.32 Å². The molecule has 2 aromatic carbocycles. The van der Waals surface area contributed by atoms with E-state index < -0.39 is 0 Å². The summed E-state index contributed by atoms with van der Waals surface area (Å²) >= 11 is 6.54. The second-order valence-corrected chi connectivity index (χ2v) is 8.76. The molecule has 1 aliphatic rings.